The fourth-order valence-corrected chi connectivity index (χ4v) is 2.07. The van der Waals surface area contributed by atoms with E-state index in [1.165, 1.54) is 0 Å². The second-order valence-corrected chi connectivity index (χ2v) is 6.07. The van der Waals surface area contributed by atoms with Crippen LogP contribution in [0.25, 0.3) is 0 Å². The Labute approximate surface area is 95.9 Å². The van der Waals surface area contributed by atoms with Crippen LogP contribution in [0, 0.1) is 11.3 Å². The van der Waals surface area contributed by atoms with Gasteiger partial charge in [0.1, 0.15) is 5.78 Å². The van der Waals surface area contributed by atoms with Crippen molar-refractivity contribution in [3.63, 3.8) is 0 Å². The number of hydrogen-bond donors (Lipinski definition) is 0. The Bertz CT molecular complexity index is 284. The second-order valence-electron chi connectivity index (χ2n) is 4.59. The molecular weight excluding hydrogens is 252 g/mol. The highest BCUT2D eigenvalue weighted by Crippen LogP contribution is 2.52. The molecule has 1 aliphatic rings. The van der Waals surface area contributed by atoms with Crippen LogP contribution >= 0.6 is 23.2 Å². The topological polar surface area (TPSA) is 17.1 Å². The monoisotopic (exact) mass is 262 g/mol. The second kappa shape index (κ2) is 3.52. The van der Waals surface area contributed by atoms with E-state index in [9.17, 15) is 18.0 Å². The highest BCUT2D eigenvalue weighted by molar-refractivity contribution is 6.49. The smallest absolute Gasteiger partial charge is 0.299 e. The molecule has 0 aromatic carbocycles. The molecule has 1 fully saturated rings. The van der Waals surface area contributed by atoms with E-state index in [0.29, 0.717) is 6.42 Å². The quantitative estimate of drug-likeness (QED) is 0.694. The van der Waals surface area contributed by atoms with Crippen LogP contribution < -0.4 is 0 Å². The van der Waals surface area contributed by atoms with Crippen LogP contribution in [0.2, 0.25) is 0 Å². The zero-order valence-corrected chi connectivity index (χ0v) is 9.80. The van der Waals surface area contributed by atoms with Gasteiger partial charge < -0.3 is 0 Å². The van der Waals surface area contributed by atoms with Crippen LogP contribution in [0.3, 0.4) is 0 Å². The zero-order valence-electron chi connectivity index (χ0n) is 8.29. The summed E-state index contributed by atoms with van der Waals surface area (Å²) in [5.41, 5.74) is -0.433. The van der Waals surface area contributed by atoms with Crippen molar-refractivity contribution in [2.45, 2.75) is 37.2 Å². The highest BCUT2D eigenvalue weighted by atomic mass is 35.5. The molecule has 88 valence electrons. The van der Waals surface area contributed by atoms with Crippen molar-refractivity contribution in [3.05, 3.63) is 0 Å². The van der Waals surface area contributed by atoms with E-state index >= 15 is 0 Å². The molecule has 1 atom stereocenters. The molecule has 0 amide bonds. The third-order valence-electron chi connectivity index (χ3n) is 2.84. The largest absolute Gasteiger partial charge is 0.421 e. The minimum Gasteiger partial charge on any atom is -0.299 e. The molecule has 0 spiro atoms. The molecule has 1 aliphatic carbocycles. The molecule has 0 bridgehead atoms. The molecule has 0 aromatic heterocycles. The Morgan fingerprint density at radius 2 is 1.87 bits per heavy atom. The van der Waals surface area contributed by atoms with Gasteiger partial charge in [0.15, 0.2) is 0 Å². The fourth-order valence-electron chi connectivity index (χ4n) is 1.76. The predicted molar refractivity (Wildman–Crippen MR) is 52.0 cm³/mol. The Kier molecular flexibility index (Phi) is 3.08. The molecule has 1 unspecified atom stereocenters. The number of hydrogen-bond acceptors (Lipinski definition) is 1. The van der Waals surface area contributed by atoms with Crippen LogP contribution in [0.4, 0.5) is 13.2 Å². The number of alkyl halides is 5. The first-order valence-electron chi connectivity index (χ1n) is 4.45. The summed E-state index contributed by atoms with van der Waals surface area (Å²) in [6.45, 7) is 3.47. The van der Waals surface area contributed by atoms with Crippen molar-refractivity contribution in [1.82, 2.24) is 0 Å². The molecule has 15 heavy (non-hydrogen) atoms. The van der Waals surface area contributed by atoms with Gasteiger partial charge >= 0.3 is 6.18 Å². The lowest BCUT2D eigenvalue weighted by molar-refractivity contribution is -0.157. The molecule has 0 aromatic rings. The molecule has 0 radical (unpaired) electrons. The van der Waals surface area contributed by atoms with Crippen molar-refractivity contribution >= 4 is 29.0 Å². The van der Waals surface area contributed by atoms with E-state index in [2.05, 4.69) is 0 Å². The SMILES string of the molecule is CC1(C)CC(=O)C1CC(Cl)(Cl)C(F)(F)F. The average molecular weight is 263 g/mol. The van der Waals surface area contributed by atoms with E-state index in [4.69, 9.17) is 23.2 Å². The molecule has 1 saturated carbocycles. The third-order valence-corrected chi connectivity index (χ3v) is 3.57. The van der Waals surface area contributed by atoms with Gasteiger partial charge in [0.25, 0.3) is 0 Å². The number of Topliss-reactive ketones (excluding diaryl/α,β-unsaturated/α-hetero) is 1. The average Bonchev–Trinajstić information content (AvgIpc) is 1.97. The fraction of sp³-hybridized carbons (Fsp3) is 0.889. The Morgan fingerprint density at radius 1 is 1.40 bits per heavy atom. The van der Waals surface area contributed by atoms with Crippen LogP contribution in [0.5, 0.6) is 0 Å². The van der Waals surface area contributed by atoms with Gasteiger partial charge in [-0.1, -0.05) is 37.0 Å². The molecular formula is C9H11Cl2F3O. The summed E-state index contributed by atoms with van der Waals surface area (Å²) in [4.78, 5) is 11.2. The van der Waals surface area contributed by atoms with Crippen molar-refractivity contribution < 1.29 is 18.0 Å². The van der Waals surface area contributed by atoms with E-state index in [1.54, 1.807) is 13.8 Å². The van der Waals surface area contributed by atoms with Gasteiger partial charge in [-0.15, -0.1) is 0 Å². The lowest BCUT2D eigenvalue weighted by Crippen LogP contribution is -2.49. The van der Waals surface area contributed by atoms with Crippen molar-refractivity contribution in [2.75, 3.05) is 0 Å². The molecule has 6 heteroatoms. The van der Waals surface area contributed by atoms with Gasteiger partial charge in [-0.25, -0.2) is 0 Å². The molecule has 1 nitrogen and oxygen atoms in total. The maximum atomic E-state index is 12.4. The van der Waals surface area contributed by atoms with Crippen molar-refractivity contribution in [1.29, 1.82) is 0 Å². The number of ketones is 1. The first-order chi connectivity index (χ1) is 6.47. The van der Waals surface area contributed by atoms with Crippen molar-refractivity contribution in [2.24, 2.45) is 11.3 Å². The van der Waals surface area contributed by atoms with Crippen LogP contribution in [-0.2, 0) is 4.79 Å². The lowest BCUT2D eigenvalue weighted by atomic mass is 9.60. The number of halogens is 5. The Hall–Kier alpha value is 0.0400. The van der Waals surface area contributed by atoms with Gasteiger partial charge in [-0.2, -0.15) is 13.2 Å². The van der Waals surface area contributed by atoms with Gasteiger partial charge in [-0.05, 0) is 11.8 Å². The number of carbonyl (C=O) groups is 1. The summed E-state index contributed by atoms with van der Waals surface area (Å²) in [6.07, 6.45) is -4.98. The maximum absolute atomic E-state index is 12.4. The lowest BCUT2D eigenvalue weighted by Gasteiger charge is -2.45. The van der Waals surface area contributed by atoms with Crippen LogP contribution in [0.15, 0.2) is 0 Å². The first kappa shape index (κ1) is 13.1. The maximum Gasteiger partial charge on any atom is 0.421 e. The van der Waals surface area contributed by atoms with Crippen molar-refractivity contribution in [3.8, 4) is 0 Å². The van der Waals surface area contributed by atoms with Gasteiger partial charge in [0, 0.05) is 12.3 Å². The molecule has 0 N–H and O–H groups in total. The van der Waals surface area contributed by atoms with Crippen LogP contribution in [0.1, 0.15) is 26.7 Å². The van der Waals surface area contributed by atoms with E-state index in [0.717, 1.165) is 0 Å². The number of rotatable bonds is 2. The van der Waals surface area contributed by atoms with Gasteiger partial charge in [-0.3, -0.25) is 4.79 Å². The summed E-state index contributed by atoms with van der Waals surface area (Å²) < 4.78 is 34.2. The third kappa shape index (κ3) is 2.41. The predicted octanol–water partition coefficient (Wildman–Crippen LogP) is 3.73. The summed E-state index contributed by atoms with van der Waals surface area (Å²) in [7, 11) is 0. The van der Waals surface area contributed by atoms with Gasteiger partial charge in [0.2, 0.25) is 4.33 Å². The highest BCUT2D eigenvalue weighted by Gasteiger charge is 2.58. The Morgan fingerprint density at radius 3 is 2.13 bits per heavy atom. The minimum atomic E-state index is -4.71. The normalized spacial score (nSPS) is 26.3. The summed E-state index contributed by atoms with van der Waals surface area (Å²) in [6, 6.07) is 0. The molecule has 1 rings (SSSR count). The van der Waals surface area contributed by atoms with E-state index < -0.39 is 28.3 Å². The minimum absolute atomic E-state index is 0.199. The Balaban J connectivity index is 2.74. The standard InChI is InChI=1S/C9H11Cl2F3O/c1-7(2)4-6(15)5(7)3-8(10,11)9(12,13)14/h5H,3-4H2,1-2H3. The number of carbonyl (C=O) groups excluding carboxylic acids is 1. The first-order valence-corrected chi connectivity index (χ1v) is 5.20. The summed E-state index contributed by atoms with van der Waals surface area (Å²) in [5.74, 6) is -0.899. The van der Waals surface area contributed by atoms with E-state index in [1.807, 2.05) is 0 Å². The van der Waals surface area contributed by atoms with E-state index in [-0.39, 0.29) is 5.78 Å². The van der Waals surface area contributed by atoms with Crippen LogP contribution in [-0.4, -0.2) is 16.3 Å². The molecule has 0 heterocycles. The summed E-state index contributed by atoms with van der Waals surface area (Å²) in [5, 5.41) is 0. The summed E-state index contributed by atoms with van der Waals surface area (Å²) >= 11 is 10.4. The zero-order chi connectivity index (χ0) is 12.1. The van der Waals surface area contributed by atoms with Gasteiger partial charge in [0.05, 0.1) is 0 Å². The molecule has 0 aliphatic heterocycles. The molecule has 0 saturated heterocycles.